The molecule has 202 valence electrons. The molecule has 2 bridgehead atoms. The normalized spacial score (nSPS) is 17.7. The van der Waals surface area contributed by atoms with Gasteiger partial charge in [-0.3, -0.25) is 19.1 Å². The quantitative estimate of drug-likeness (QED) is 0.366. The highest BCUT2D eigenvalue weighted by molar-refractivity contribution is 6.30. The van der Waals surface area contributed by atoms with Gasteiger partial charge in [-0.1, -0.05) is 31.0 Å². The van der Waals surface area contributed by atoms with Crippen LogP contribution < -0.4 is 16.6 Å². The lowest BCUT2D eigenvalue weighted by Gasteiger charge is -2.22. The number of rotatable bonds is 4. The van der Waals surface area contributed by atoms with Crippen molar-refractivity contribution in [3.8, 4) is 22.5 Å². The highest BCUT2D eigenvalue weighted by Crippen LogP contribution is 2.35. The van der Waals surface area contributed by atoms with Gasteiger partial charge >= 0.3 is 6.55 Å². The number of halogens is 3. The highest BCUT2D eigenvalue weighted by atomic mass is 35.5. The van der Waals surface area contributed by atoms with Crippen LogP contribution in [0, 0.1) is 5.92 Å². The molecule has 0 unspecified atom stereocenters. The average molecular weight is 554 g/mol. The first-order chi connectivity index (χ1) is 18.8. The fourth-order valence-electron chi connectivity index (χ4n) is 4.86. The van der Waals surface area contributed by atoms with E-state index in [1.54, 1.807) is 37.3 Å². The molecule has 0 saturated heterocycles. The average Bonchev–Trinajstić information content (AvgIpc) is 3.34. The summed E-state index contributed by atoms with van der Waals surface area (Å²) in [7, 11) is 0. The number of hydrogen-bond acceptors (Lipinski definition) is 6. The lowest BCUT2D eigenvalue weighted by Crippen LogP contribution is -2.27. The molecule has 0 radical (unpaired) electrons. The van der Waals surface area contributed by atoms with Crippen LogP contribution in [0.4, 0.5) is 14.5 Å². The molecule has 0 spiro atoms. The molecule has 1 amide bonds. The van der Waals surface area contributed by atoms with Gasteiger partial charge in [0.05, 0.1) is 41.3 Å². The summed E-state index contributed by atoms with van der Waals surface area (Å²) in [5, 5.41) is 7.03. The Morgan fingerprint density at radius 2 is 1.97 bits per heavy atom. The van der Waals surface area contributed by atoms with Crippen LogP contribution in [0.15, 0.2) is 59.9 Å². The Morgan fingerprint density at radius 1 is 1.15 bits per heavy atom. The zero-order valence-electron chi connectivity index (χ0n) is 21.0. The molecule has 39 heavy (non-hydrogen) atoms. The number of fused-ring (bicyclic) bond motifs is 4. The largest absolute Gasteiger partial charge is 0.333 e. The third-order valence-electron chi connectivity index (χ3n) is 6.94. The second kappa shape index (κ2) is 11.0. The first-order valence-electron chi connectivity index (χ1n) is 12.5. The Balaban J connectivity index is 1.62. The maximum Gasteiger partial charge on any atom is 0.333 e. The summed E-state index contributed by atoms with van der Waals surface area (Å²) < 4.78 is 29.7. The summed E-state index contributed by atoms with van der Waals surface area (Å²) in [4.78, 5) is 35.3. The smallest absolute Gasteiger partial charge is 0.326 e. The number of aromatic nitrogens is 5. The van der Waals surface area contributed by atoms with Crippen LogP contribution >= 0.6 is 11.6 Å². The Kier molecular flexibility index (Phi) is 7.53. The van der Waals surface area contributed by atoms with Crippen LogP contribution in [0.25, 0.3) is 22.5 Å². The van der Waals surface area contributed by atoms with Crippen LogP contribution in [0.2, 0.25) is 5.02 Å². The molecular formula is C27H26ClF2N7O2. The molecular weight excluding hydrogens is 528 g/mol. The molecule has 4 heterocycles. The SMILES string of the molecule is C[C@@H]1CCC[C@H](n2cnc(-c3cc(Cl)ccc3CN)cc2=O)c2cc(ccn2)-c2c(cnn2C(F)F)NC1=O. The number of amides is 1. The molecule has 3 N–H and O–H groups in total. The number of carbonyl (C=O) groups excluding carboxylic acids is 1. The second-order valence-corrected chi connectivity index (χ2v) is 9.90. The first kappa shape index (κ1) is 26.6. The van der Waals surface area contributed by atoms with Crippen molar-refractivity contribution in [2.45, 2.75) is 45.3 Å². The topological polar surface area (TPSA) is 121 Å². The van der Waals surface area contributed by atoms with Crippen molar-refractivity contribution in [3.63, 3.8) is 0 Å². The molecule has 9 nitrogen and oxygen atoms in total. The maximum atomic E-state index is 13.8. The molecule has 0 saturated carbocycles. The number of anilines is 1. The summed E-state index contributed by atoms with van der Waals surface area (Å²) in [5.74, 6) is -0.689. The monoisotopic (exact) mass is 553 g/mol. The zero-order valence-corrected chi connectivity index (χ0v) is 21.8. The molecule has 0 fully saturated rings. The standard InChI is InChI=1S/C27H26ClF2N7O2/c1-15-3-2-4-23(36-14-33-20(11-24(36)38)19-10-18(28)6-5-17(19)12-31)21-9-16(7-8-32-21)25-22(35-26(15)39)13-34-37(25)27(29)30/h5-11,13-15,23,27H,2-4,12,31H2,1H3,(H,35,39)/t15-,23+/m1/s1. The van der Waals surface area contributed by atoms with Crippen molar-refractivity contribution < 1.29 is 13.6 Å². The van der Waals surface area contributed by atoms with Crippen molar-refractivity contribution in [1.82, 2.24) is 24.3 Å². The van der Waals surface area contributed by atoms with Crippen molar-refractivity contribution in [1.29, 1.82) is 0 Å². The van der Waals surface area contributed by atoms with Crippen LogP contribution in [-0.2, 0) is 11.3 Å². The van der Waals surface area contributed by atoms with Crippen molar-refractivity contribution in [2.75, 3.05) is 5.32 Å². The summed E-state index contributed by atoms with van der Waals surface area (Å²) in [6, 6.07) is 9.32. The van der Waals surface area contributed by atoms with E-state index < -0.39 is 18.5 Å². The summed E-state index contributed by atoms with van der Waals surface area (Å²) in [5.41, 5.74) is 8.58. The van der Waals surface area contributed by atoms with Gasteiger partial charge in [-0.25, -0.2) is 9.67 Å². The highest BCUT2D eigenvalue weighted by Gasteiger charge is 2.26. The minimum absolute atomic E-state index is 0.0598. The van der Waals surface area contributed by atoms with Crippen LogP contribution in [0.3, 0.4) is 0 Å². The van der Waals surface area contributed by atoms with Crippen LogP contribution in [-0.4, -0.2) is 30.2 Å². The van der Waals surface area contributed by atoms with E-state index in [0.29, 0.717) is 51.5 Å². The fraction of sp³-hybridized carbons (Fsp3) is 0.296. The Morgan fingerprint density at radius 3 is 2.72 bits per heavy atom. The molecule has 4 aromatic rings. The minimum atomic E-state index is -2.92. The number of nitrogens with zero attached hydrogens (tertiary/aromatic N) is 5. The predicted octanol–water partition coefficient (Wildman–Crippen LogP) is 5.02. The van der Waals surface area contributed by atoms with E-state index in [0.717, 1.165) is 5.56 Å². The molecule has 2 atom stereocenters. The summed E-state index contributed by atoms with van der Waals surface area (Å²) in [6.07, 6.45) is 5.76. The number of carbonyl (C=O) groups is 1. The fourth-order valence-corrected chi connectivity index (χ4v) is 5.03. The van der Waals surface area contributed by atoms with Gasteiger partial charge < -0.3 is 11.1 Å². The van der Waals surface area contributed by atoms with Gasteiger partial charge in [-0.2, -0.15) is 13.9 Å². The zero-order chi connectivity index (χ0) is 27.7. The van der Waals surface area contributed by atoms with E-state index in [9.17, 15) is 18.4 Å². The van der Waals surface area contributed by atoms with E-state index in [1.807, 2.05) is 0 Å². The lowest BCUT2D eigenvalue weighted by atomic mass is 9.97. The number of alkyl halides is 2. The first-order valence-corrected chi connectivity index (χ1v) is 12.8. The third-order valence-corrected chi connectivity index (χ3v) is 7.17. The van der Waals surface area contributed by atoms with E-state index >= 15 is 0 Å². The number of nitrogens with one attached hydrogen (secondary N) is 1. The van der Waals surface area contributed by atoms with Gasteiger partial charge in [0.15, 0.2) is 0 Å². The van der Waals surface area contributed by atoms with Crippen LogP contribution in [0.1, 0.15) is 50.0 Å². The molecule has 1 aromatic carbocycles. The maximum absolute atomic E-state index is 13.8. The van der Waals surface area contributed by atoms with Crippen molar-refractivity contribution in [3.05, 3.63) is 81.8 Å². The van der Waals surface area contributed by atoms with Gasteiger partial charge in [0.1, 0.15) is 0 Å². The minimum Gasteiger partial charge on any atom is -0.326 e. The van der Waals surface area contributed by atoms with E-state index in [2.05, 4.69) is 20.4 Å². The molecule has 1 aliphatic heterocycles. The molecule has 3 aromatic heterocycles. The Labute approximate surface area is 227 Å². The van der Waals surface area contributed by atoms with Gasteiger partial charge in [0.2, 0.25) is 5.91 Å². The second-order valence-electron chi connectivity index (χ2n) is 9.46. The third kappa shape index (κ3) is 5.32. The van der Waals surface area contributed by atoms with Gasteiger partial charge in [-0.05, 0) is 42.7 Å². The van der Waals surface area contributed by atoms with Crippen molar-refractivity contribution >= 4 is 23.2 Å². The summed E-state index contributed by atoms with van der Waals surface area (Å²) in [6.45, 7) is -0.903. The van der Waals surface area contributed by atoms with Crippen molar-refractivity contribution in [2.24, 2.45) is 11.7 Å². The molecule has 1 aliphatic rings. The number of benzene rings is 1. The number of nitrogens with two attached hydrogens (primary N) is 1. The van der Waals surface area contributed by atoms with E-state index in [1.165, 1.54) is 29.4 Å². The van der Waals surface area contributed by atoms with Crippen LogP contribution in [0.5, 0.6) is 0 Å². The molecule has 12 heteroatoms. The van der Waals surface area contributed by atoms with E-state index in [-0.39, 0.29) is 29.4 Å². The van der Waals surface area contributed by atoms with Gasteiger partial charge in [0.25, 0.3) is 5.56 Å². The predicted molar refractivity (Wildman–Crippen MR) is 143 cm³/mol. The Hall–Kier alpha value is -3.96. The summed E-state index contributed by atoms with van der Waals surface area (Å²) >= 11 is 6.18. The lowest BCUT2D eigenvalue weighted by molar-refractivity contribution is -0.119. The molecule has 0 aliphatic carbocycles. The number of hydrogen-bond donors (Lipinski definition) is 2. The number of pyridine rings is 1. The van der Waals surface area contributed by atoms with Gasteiger partial charge in [-0.15, -0.1) is 0 Å². The van der Waals surface area contributed by atoms with Gasteiger partial charge in [0, 0.05) is 40.9 Å². The van der Waals surface area contributed by atoms with E-state index in [4.69, 9.17) is 17.3 Å². The Bertz CT molecular complexity index is 1590. The molecule has 5 rings (SSSR count).